The van der Waals surface area contributed by atoms with Crippen LogP contribution in [0.5, 0.6) is 0 Å². The molecule has 2 rings (SSSR count). The van der Waals surface area contributed by atoms with Gasteiger partial charge in [-0.05, 0) is 51.5 Å². The predicted octanol–water partition coefficient (Wildman–Crippen LogP) is 3.72. The zero-order valence-corrected chi connectivity index (χ0v) is 13.7. The number of amides is 1. The lowest BCUT2D eigenvalue weighted by Crippen LogP contribution is -2.32. The molecule has 0 aliphatic heterocycles. The predicted molar refractivity (Wildman–Crippen MR) is 82.6 cm³/mol. The minimum absolute atomic E-state index is 0.106. The van der Waals surface area contributed by atoms with E-state index in [1.807, 2.05) is 19.1 Å². The second-order valence-electron chi connectivity index (χ2n) is 5.83. The summed E-state index contributed by atoms with van der Waals surface area (Å²) in [5.41, 5.74) is 1.22. The van der Waals surface area contributed by atoms with Crippen LogP contribution in [-0.2, 0) is 11.3 Å². The number of hydrogen-bond donors (Lipinski definition) is 1. The van der Waals surface area contributed by atoms with Crippen molar-refractivity contribution in [2.24, 2.45) is 0 Å². The summed E-state index contributed by atoms with van der Waals surface area (Å²) in [6.45, 7) is 7.40. The molecule has 0 bridgehead atoms. The molecule has 0 spiro atoms. The van der Waals surface area contributed by atoms with Crippen LogP contribution >= 0.6 is 11.6 Å². The molecule has 0 saturated heterocycles. The molecule has 0 saturated carbocycles. The molecule has 0 unspecified atom stereocenters. The molecular formula is C15H18ClN3O3. The highest BCUT2D eigenvalue weighted by atomic mass is 35.5. The Balaban J connectivity index is 2.01. The average molecular weight is 324 g/mol. The number of rotatable bonds is 3. The average Bonchev–Trinajstić information content (AvgIpc) is 2.83. The van der Waals surface area contributed by atoms with Crippen molar-refractivity contribution >= 4 is 17.7 Å². The Morgan fingerprint density at radius 1 is 1.41 bits per heavy atom. The number of carbonyl (C=O) groups excluding carboxylic acids is 1. The van der Waals surface area contributed by atoms with Gasteiger partial charge < -0.3 is 14.6 Å². The summed E-state index contributed by atoms with van der Waals surface area (Å²) >= 11 is 5.92. The highest BCUT2D eigenvalue weighted by Gasteiger charge is 2.17. The number of ether oxygens (including phenoxy) is 1. The first-order valence-corrected chi connectivity index (χ1v) is 7.18. The van der Waals surface area contributed by atoms with Crippen molar-refractivity contribution in [1.82, 2.24) is 15.5 Å². The van der Waals surface area contributed by atoms with E-state index in [9.17, 15) is 4.79 Å². The van der Waals surface area contributed by atoms with Crippen molar-refractivity contribution in [1.29, 1.82) is 0 Å². The second-order valence-corrected chi connectivity index (χ2v) is 6.26. The summed E-state index contributed by atoms with van der Waals surface area (Å²) in [6, 6.07) is 5.42. The number of aryl methyl sites for hydroxylation is 1. The van der Waals surface area contributed by atoms with Crippen LogP contribution in [0.15, 0.2) is 22.7 Å². The number of halogens is 1. The summed E-state index contributed by atoms with van der Waals surface area (Å²) in [5, 5.41) is 7.12. The van der Waals surface area contributed by atoms with Crippen molar-refractivity contribution in [2.45, 2.75) is 39.8 Å². The van der Waals surface area contributed by atoms with E-state index in [0.29, 0.717) is 16.7 Å². The molecule has 1 amide bonds. The van der Waals surface area contributed by atoms with Crippen LogP contribution in [0, 0.1) is 6.92 Å². The molecule has 1 heterocycles. The van der Waals surface area contributed by atoms with E-state index in [1.54, 1.807) is 26.8 Å². The molecule has 2 aromatic rings. The number of benzene rings is 1. The summed E-state index contributed by atoms with van der Waals surface area (Å²) in [4.78, 5) is 15.8. The van der Waals surface area contributed by atoms with Crippen LogP contribution in [0.25, 0.3) is 11.4 Å². The number of nitrogens with zero attached hydrogens (tertiary/aromatic N) is 2. The van der Waals surface area contributed by atoms with Gasteiger partial charge in [0.25, 0.3) is 0 Å². The first-order chi connectivity index (χ1) is 10.2. The fraction of sp³-hybridized carbons (Fsp3) is 0.400. The van der Waals surface area contributed by atoms with Crippen LogP contribution in [0.1, 0.15) is 32.2 Å². The summed E-state index contributed by atoms with van der Waals surface area (Å²) in [6.07, 6.45) is -0.532. The van der Waals surface area contributed by atoms with Crippen LogP contribution in [-0.4, -0.2) is 21.8 Å². The standard InChI is InChI=1S/C15H18ClN3O3/c1-9-7-10(16)5-6-11(9)13-18-12(22-19-13)8-17-14(20)21-15(2,3)4/h5-7H,8H2,1-4H3,(H,17,20). The molecule has 1 N–H and O–H groups in total. The number of nitrogens with one attached hydrogen (secondary N) is 1. The molecular weight excluding hydrogens is 306 g/mol. The Morgan fingerprint density at radius 2 is 2.14 bits per heavy atom. The number of hydrogen-bond acceptors (Lipinski definition) is 5. The van der Waals surface area contributed by atoms with Gasteiger partial charge >= 0.3 is 6.09 Å². The number of carbonyl (C=O) groups is 1. The third-order valence-electron chi connectivity index (χ3n) is 2.68. The fourth-order valence-corrected chi connectivity index (χ4v) is 2.00. The van der Waals surface area contributed by atoms with Gasteiger partial charge in [0.2, 0.25) is 11.7 Å². The van der Waals surface area contributed by atoms with Gasteiger partial charge in [-0.2, -0.15) is 4.98 Å². The Labute approximate surface area is 133 Å². The maximum Gasteiger partial charge on any atom is 0.408 e. The van der Waals surface area contributed by atoms with Gasteiger partial charge in [-0.3, -0.25) is 0 Å². The van der Waals surface area contributed by atoms with Crippen molar-refractivity contribution in [3.63, 3.8) is 0 Å². The zero-order chi connectivity index (χ0) is 16.3. The lowest BCUT2D eigenvalue weighted by Gasteiger charge is -2.19. The molecule has 7 heteroatoms. The molecule has 0 aliphatic carbocycles. The van der Waals surface area contributed by atoms with Crippen molar-refractivity contribution in [2.75, 3.05) is 0 Å². The molecule has 6 nitrogen and oxygen atoms in total. The van der Waals surface area contributed by atoms with Crippen molar-refractivity contribution < 1.29 is 14.1 Å². The highest BCUT2D eigenvalue weighted by molar-refractivity contribution is 6.30. The summed E-state index contributed by atoms with van der Waals surface area (Å²) in [7, 11) is 0. The first-order valence-electron chi connectivity index (χ1n) is 6.80. The van der Waals surface area contributed by atoms with E-state index >= 15 is 0 Å². The van der Waals surface area contributed by atoms with Gasteiger partial charge in [0.1, 0.15) is 12.1 Å². The lowest BCUT2D eigenvalue weighted by molar-refractivity contribution is 0.0518. The van der Waals surface area contributed by atoms with E-state index in [0.717, 1.165) is 11.1 Å². The monoisotopic (exact) mass is 323 g/mol. The van der Waals surface area contributed by atoms with E-state index in [4.69, 9.17) is 20.9 Å². The van der Waals surface area contributed by atoms with E-state index in [-0.39, 0.29) is 6.54 Å². The first kappa shape index (κ1) is 16.3. The molecule has 0 fully saturated rings. The normalized spacial score (nSPS) is 11.3. The number of aromatic nitrogens is 2. The van der Waals surface area contributed by atoms with Crippen LogP contribution in [0.3, 0.4) is 0 Å². The molecule has 0 aliphatic rings. The van der Waals surface area contributed by atoms with Gasteiger partial charge in [0.05, 0.1) is 0 Å². The minimum Gasteiger partial charge on any atom is -0.444 e. The largest absolute Gasteiger partial charge is 0.444 e. The number of alkyl carbamates (subject to hydrolysis) is 1. The van der Waals surface area contributed by atoms with Crippen molar-refractivity contribution in [3.8, 4) is 11.4 Å². The molecule has 0 radical (unpaired) electrons. The quantitative estimate of drug-likeness (QED) is 0.931. The third kappa shape index (κ3) is 4.46. The van der Waals surface area contributed by atoms with Gasteiger partial charge in [0, 0.05) is 10.6 Å². The molecule has 1 aromatic carbocycles. The van der Waals surface area contributed by atoms with Gasteiger partial charge in [0.15, 0.2) is 0 Å². The van der Waals surface area contributed by atoms with Crippen LogP contribution < -0.4 is 5.32 Å². The minimum atomic E-state index is -0.551. The van der Waals surface area contributed by atoms with E-state index < -0.39 is 11.7 Å². The molecule has 0 atom stereocenters. The zero-order valence-electron chi connectivity index (χ0n) is 12.9. The van der Waals surface area contributed by atoms with Crippen LogP contribution in [0.2, 0.25) is 5.02 Å². The van der Waals surface area contributed by atoms with E-state index in [2.05, 4.69) is 15.5 Å². The molecule has 22 heavy (non-hydrogen) atoms. The SMILES string of the molecule is Cc1cc(Cl)ccc1-c1noc(CNC(=O)OC(C)(C)C)n1. The van der Waals surface area contributed by atoms with Gasteiger partial charge in [-0.25, -0.2) is 4.79 Å². The van der Waals surface area contributed by atoms with Gasteiger partial charge in [-0.15, -0.1) is 0 Å². The molecule has 118 valence electrons. The highest BCUT2D eigenvalue weighted by Crippen LogP contribution is 2.23. The maximum atomic E-state index is 11.6. The topological polar surface area (TPSA) is 77.2 Å². The Hall–Kier alpha value is -2.08. The lowest BCUT2D eigenvalue weighted by atomic mass is 10.1. The third-order valence-corrected chi connectivity index (χ3v) is 2.92. The second kappa shape index (κ2) is 6.36. The van der Waals surface area contributed by atoms with Crippen LogP contribution in [0.4, 0.5) is 4.79 Å². The smallest absolute Gasteiger partial charge is 0.408 e. The maximum absolute atomic E-state index is 11.6. The van der Waals surface area contributed by atoms with Gasteiger partial charge in [-0.1, -0.05) is 16.8 Å². The Bertz CT molecular complexity index is 677. The van der Waals surface area contributed by atoms with E-state index in [1.165, 1.54) is 0 Å². The Kier molecular flexibility index (Phi) is 4.71. The summed E-state index contributed by atoms with van der Waals surface area (Å²) < 4.78 is 10.2. The Morgan fingerprint density at radius 3 is 2.77 bits per heavy atom. The fourth-order valence-electron chi connectivity index (χ4n) is 1.78. The van der Waals surface area contributed by atoms with Crippen molar-refractivity contribution in [3.05, 3.63) is 34.7 Å². The summed E-state index contributed by atoms with van der Waals surface area (Å²) in [5.74, 6) is 0.755. The molecule has 1 aromatic heterocycles.